The van der Waals surface area contributed by atoms with Gasteiger partial charge in [0.2, 0.25) is 0 Å². The Kier molecular flexibility index (Phi) is 6.68. The van der Waals surface area contributed by atoms with Gasteiger partial charge in [-0.2, -0.15) is 0 Å². The van der Waals surface area contributed by atoms with Crippen molar-refractivity contribution in [2.45, 2.75) is 31.1 Å². The lowest BCUT2D eigenvalue weighted by Gasteiger charge is -2.23. The number of carbonyl (C=O) groups excluding carboxylic acids is 1. The van der Waals surface area contributed by atoms with Gasteiger partial charge in [-0.3, -0.25) is 0 Å². The summed E-state index contributed by atoms with van der Waals surface area (Å²) in [4.78, 5) is 14.6. The Morgan fingerprint density at radius 3 is 2.96 bits per heavy atom. The number of alkyl carbamates (subject to hydrolysis) is 1. The summed E-state index contributed by atoms with van der Waals surface area (Å²) in [6.45, 7) is 0.837. The number of hydrogen-bond donors (Lipinski definition) is 2. The Labute approximate surface area is 134 Å². The van der Waals surface area contributed by atoms with Crippen LogP contribution in [0.3, 0.4) is 0 Å². The van der Waals surface area contributed by atoms with E-state index in [0.717, 1.165) is 5.56 Å². The third-order valence-electron chi connectivity index (χ3n) is 3.56. The van der Waals surface area contributed by atoms with Crippen LogP contribution in [0.1, 0.15) is 12.0 Å². The first kappa shape index (κ1) is 17.1. The summed E-state index contributed by atoms with van der Waals surface area (Å²) in [6, 6.07) is 8.81. The lowest BCUT2D eigenvalue weighted by atomic mass is 10.0. The van der Waals surface area contributed by atoms with E-state index in [1.54, 1.807) is 0 Å². The van der Waals surface area contributed by atoms with E-state index >= 15 is 0 Å². The van der Waals surface area contributed by atoms with Gasteiger partial charge in [0.1, 0.15) is 6.10 Å². The monoisotopic (exact) mass is 320 g/mol. The number of nitrogens with one attached hydrogen (secondary N) is 1. The first-order chi connectivity index (χ1) is 11.2. The zero-order valence-corrected chi connectivity index (χ0v) is 12.7. The summed E-state index contributed by atoms with van der Waals surface area (Å²) >= 11 is 0. The van der Waals surface area contributed by atoms with Crippen molar-refractivity contribution in [2.75, 3.05) is 19.8 Å². The molecule has 3 unspecified atom stereocenters. The van der Waals surface area contributed by atoms with Crippen molar-refractivity contribution in [3.05, 3.63) is 46.3 Å². The predicted molar refractivity (Wildman–Crippen MR) is 82.8 cm³/mol. The molecule has 0 aromatic heterocycles. The molecule has 2 rings (SSSR count). The molecule has 0 radical (unpaired) electrons. The van der Waals surface area contributed by atoms with Crippen LogP contribution in [0.15, 0.2) is 35.4 Å². The normalized spacial score (nSPS) is 19.4. The summed E-state index contributed by atoms with van der Waals surface area (Å²) in [5, 5.41) is 16.2. The molecule has 1 fully saturated rings. The third-order valence-corrected chi connectivity index (χ3v) is 3.56. The number of carbonyl (C=O) groups is 1. The Bertz CT molecular complexity index is 542. The molecule has 1 aliphatic rings. The number of rotatable bonds is 7. The van der Waals surface area contributed by atoms with Crippen molar-refractivity contribution in [2.24, 2.45) is 5.11 Å². The van der Waals surface area contributed by atoms with Gasteiger partial charge in [0, 0.05) is 11.3 Å². The number of aliphatic hydroxyl groups excluding tert-OH is 1. The molecule has 1 aromatic rings. The van der Waals surface area contributed by atoms with Gasteiger partial charge in [0.05, 0.1) is 31.9 Å². The zero-order valence-electron chi connectivity index (χ0n) is 12.7. The Balaban J connectivity index is 1.96. The average molecular weight is 320 g/mol. The molecule has 0 spiro atoms. The number of hydrogen-bond acceptors (Lipinski definition) is 5. The molecule has 0 aliphatic carbocycles. The van der Waals surface area contributed by atoms with Crippen molar-refractivity contribution < 1.29 is 19.4 Å². The van der Waals surface area contributed by atoms with Crippen molar-refractivity contribution in [3.63, 3.8) is 0 Å². The molecule has 8 heteroatoms. The molecule has 1 amide bonds. The number of aliphatic hydroxyl groups is 1. The Morgan fingerprint density at radius 1 is 1.52 bits per heavy atom. The average Bonchev–Trinajstić information content (AvgIpc) is 3.05. The van der Waals surface area contributed by atoms with Crippen LogP contribution in [0.25, 0.3) is 10.4 Å². The predicted octanol–water partition coefficient (Wildman–Crippen LogP) is 1.78. The quantitative estimate of drug-likeness (QED) is 0.452. The number of benzene rings is 1. The van der Waals surface area contributed by atoms with Gasteiger partial charge in [-0.05, 0) is 17.5 Å². The molecule has 0 bridgehead atoms. The Hall–Kier alpha value is -2.28. The molecular weight excluding hydrogens is 300 g/mol. The van der Waals surface area contributed by atoms with Gasteiger partial charge in [-0.25, -0.2) is 4.79 Å². The number of ether oxygens (including phenoxy) is 2. The van der Waals surface area contributed by atoms with Crippen molar-refractivity contribution in [3.8, 4) is 0 Å². The highest BCUT2D eigenvalue weighted by molar-refractivity contribution is 5.68. The largest absolute Gasteiger partial charge is 0.444 e. The topological polar surface area (TPSA) is 117 Å². The molecule has 3 atom stereocenters. The first-order valence-electron chi connectivity index (χ1n) is 7.46. The molecule has 23 heavy (non-hydrogen) atoms. The van der Waals surface area contributed by atoms with Crippen molar-refractivity contribution in [1.82, 2.24) is 5.32 Å². The van der Waals surface area contributed by atoms with Gasteiger partial charge in [-0.1, -0.05) is 35.4 Å². The minimum absolute atomic E-state index is 0.124. The van der Waals surface area contributed by atoms with Gasteiger partial charge >= 0.3 is 6.09 Å². The summed E-state index contributed by atoms with van der Waals surface area (Å²) in [5.74, 6) is 0. The lowest BCUT2D eigenvalue weighted by molar-refractivity contribution is 0.0704. The highest BCUT2D eigenvalue weighted by Gasteiger charge is 2.25. The third kappa shape index (κ3) is 5.78. The molecular formula is C15H20N4O4. The molecule has 1 saturated heterocycles. The van der Waals surface area contributed by atoms with E-state index in [1.807, 2.05) is 30.3 Å². The molecule has 1 aliphatic heterocycles. The Morgan fingerprint density at radius 2 is 2.30 bits per heavy atom. The molecule has 124 valence electrons. The second kappa shape index (κ2) is 8.99. The van der Waals surface area contributed by atoms with Crippen LogP contribution < -0.4 is 5.32 Å². The van der Waals surface area contributed by atoms with E-state index in [9.17, 15) is 9.90 Å². The highest BCUT2D eigenvalue weighted by atomic mass is 16.6. The van der Waals surface area contributed by atoms with Gasteiger partial charge in [0.25, 0.3) is 0 Å². The summed E-state index contributed by atoms with van der Waals surface area (Å²) < 4.78 is 10.4. The summed E-state index contributed by atoms with van der Waals surface area (Å²) in [7, 11) is 0. The fourth-order valence-corrected chi connectivity index (χ4v) is 2.34. The molecule has 8 nitrogen and oxygen atoms in total. The van der Waals surface area contributed by atoms with E-state index < -0.39 is 18.2 Å². The standard InChI is InChI=1S/C15H20N4O4/c16-19-17-9-14(20)13(8-11-4-2-1-3-5-11)18-15(21)23-12-6-7-22-10-12/h1-5,12-14,20H,6-10H2,(H,18,21). The van der Waals surface area contributed by atoms with Gasteiger partial charge in [0.15, 0.2) is 0 Å². The van der Waals surface area contributed by atoms with Gasteiger partial charge in [-0.15, -0.1) is 0 Å². The minimum Gasteiger partial charge on any atom is -0.444 e. The second-order valence-corrected chi connectivity index (χ2v) is 5.31. The maximum atomic E-state index is 12.0. The zero-order chi connectivity index (χ0) is 16.5. The fraction of sp³-hybridized carbons (Fsp3) is 0.533. The van der Waals surface area contributed by atoms with E-state index in [2.05, 4.69) is 15.3 Å². The maximum Gasteiger partial charge on any atom is 0.407 e. The fourth-order valence-electron chi connectivity index (χ4n) is 2.34. The SMILES string of the molecule is [N-]=[N+]=NCC(O)C(Cc1ccccc1)NC(=O)OC1CCOC1. The van der Waals surface area contributed by atoms with Crippen LogP contribution in [0.4, 0.5) is 4.79 Å². The summed E-state index contributed by atoms with van der Waals surface area (Å²) in [6.07, 6.45) is -0.807. The van der Waals surface area contributed by atoms with E-state index in [-0.39, 0.29) is 12.6 Å². The smallest absolute Gasteiger partial charge is 0.407 e. The van der Waals surface area contributed by atoms with E-state index in [1.165, 1.54) is 0 Å². The molecule has 2 N–H and O–H groups in total. The highest BCUT2D eigenvalue weighted by Crippen LogP contribution is 2.10. The maximum absolute atomic E-state index is 12.0. The van der Waals surface area contributed by atoms with Gasteiger partial charge < -0.3 is 19.9 Å². The second-order valence-electron chi connectivity index (χ2n) is 5.31. The number of amides is 1. The van der Waals surface area contributed by atoms with Crippen LogP contribution in [-0.2, 0) is 15.9 Å². The molecule has 1 heterocycles. The first-order valence-corrected chi connectivity index (χ1v) is 7.46. The lowest BCUT2D eigenvalue weighted by Crippen LogP contribution is -2.47. The molecule has 0 saturated carbocycles. The number of nitrogens with zero attached hydrogens (tertiary/aromatic N) is 3. The van der Waals surface area contributed by atoms with Crippen LogP contribution in [0.2, 0.25) is 0 Å². The number of azide groups is 1. The van der Waals surface area contributed by atoms with Crippen LogP contribution in [0.5, 0.6) is 0 Å². The van der Waals surface area contributed by atoms with Crippen molar-refractivity contribution >= 4 is 6.09 Å². The van der Waals surface area contributed by atoms with Crippen LogP contribution in [-0.4, -0.2) is 49.2 Å². The van der Waals surface area contributed by atoms with Crippen molar-refractivity contribution in [1.29, 1.82) is 0 Å². The van der Waals surface area contributed by atoms with Crippen LogP contribution in [0, 0.1) is 0 Å². The summed E-state index contributed by atoms with van der Waals surface area (Å²) in [5.41, 5.74) is 9.33. The van der Waals surface area contributed by atoms with E-state index in [4.69, 9.17) is 15.0 Å². The molecule has 1 aromatic carbocycles. The minimum atomic E-state index is -1.00. The van der Waals surface area contributed by atoms with E-state index in [0.29, 0.717) is 26.1 Å². The van der Waals surface area contributed by atoms with Crippen LogP contribution >= 0.6 is 0 Å².